The SMILES string of the molecule is O=C1c2cc(-c3ccccc3)ccc2C(=O)c2c1cccc2-c1ccccc1. The molecule has 0 unspecified atom stereocenters. The topological polar surface area (TPSA) is 34.1 Å². The Labute approximate surface area is 163 Å². The first-order chi connectivity index (χ1) is 13.7. The van der Waals surface area contributed by atoms with Crippen molar-refractivity contribution in [1.82, 2.24) is 0 Å². The third-order valence-electron chi connectivity index (χ3n) is 5.24. The number of rotatable bonds is 2. The summed E-state index contributed by atoms with van der Waals surface area (Å²) in [5, 5.41) is 0. The summed E-state index contributed by atoms with van der Waals surface area (Å²) in [6.45, 7) is 0. The lowest BCUT2D eigenvalue weighted by molar-refractivity contribution is 0.0979. The van der Waals surface area contributed by atoms with Gasteiger partial charge in [-0.05, 0) is 34.4 Å². The van der Waals surface area contributed by atoms with Crippen molar-refractivity contribution in [2.75, 3.05) is 0 Å². The van der Waals surface area contributed by atoms with Gasteiger partial charge in [0.25, 0.3) is 0 Å². The number of benzene rings is 4. The van der Waals surface area contributed by atoms with E-state index < -0.39 is 0 Å². The molecule has 0 N–H and O–H groups in total. The van der Waals surface area contributed by atoms with Crippen molar-refractivity contribution < 1.29 is 9.59 Å². The van der Waals surface area contributed by atoms with E-state index in [9.17, 15) is 9.59 Å². The van der Waals surface area contributed by atoms with Crippen LogP contribution in [0.25, 0.3) is 22.3 Å². The molecule has 0 spiro atoms. The molecule has 0 atom stereocenters. The summed E-state index contributed by atoms with van der Waals surface area (Å²) in [5.74, 6) is -0.191. The highest BCUT2D eigenvalue weighted by atomic mass is 16.1. The summed E-state index contributed by atoms with van der Waals surface area (Å²) in [4.78, 5) is 26.6. The minimum Gasteiger partial charge on any atom is -0.289 e. The molecule has 0 saturated carbocycles. The third-order valence-corrected chi connectivity index (χ3v) is 5.24. The second-order valence-corrected chi connectivity index (χ2v) is 6.88. The monoisotopic (exact) mass is 360 g/mol. The summed E-state index contributed by atoms with van der Waals surface area (Å²) < 4.78 is 0. The molecule has 5 rings (SSSR count). The van der Waals surface area contributed by atoms with Gasteiger partial charge in [-0.25, -0.2) is 0 Å². The van der Waals surface area contributed by atoms with Gasteiger partial charge in [-0.3, -0.25) is 9.59 Å². The highest BCUT2D eigenvalue weighted by molar-refractivity contribution is 6.30. The van der Waals surface area contributed by atoms with Crippen LogP contribution in [0.1, 0.15) is 31.8 Å². The Balaban J connectivity index is 1.69. The Morgan fingerprint density at radius 1 is 0.393 bits per heavy atom. The third kappa shape index (κ3) is 2.50. The van der Waals surface area contributed by atoms with Gasteiger partial charge in [0, 0.05) is 22.3 Å². The first kappa shape index (κ1) is 16.4. The fraction of sp³-hybridized carbons (Fsp3) is 0. The summed E-state index contributed by atoms with van der Waals surface area (Å²) in [7, 11) is 0. The minimum absolute atomic E-state index is 0.0938. The highest BCUT2D eigenvalue weighted by Crippen LogP contribution is 2.35. The smallest absolute Gasteiger partial charge is 0.195 e. The van der Waals surface area contributed by atoms with E-state index in [1.165, 1.54) is 0 Å². The maximum Gasteiger partial charge on any atom is 0.195 e. The maximum absolute atomic E-state index is 13.3. The molecule has 0 fully saturated rings. The second kappa shape index (κ2) is 6.43. The average Bonchev–Trinajstić information content (AvgIpc) is 2.78. The van der Waals surface area contributed by atoms with Gasteiger partial charge in [0.05, 0.1) is 0 Å². The number of carbonyl (C=O) groups is 2. The van der Waals surface area contributed by atoms with Gasteiger partial charge in [-0.1, -0.05) is 84.9 Å². The molecule has 2 heteroatoms. The molecule has 0 radical (unpaired) electrons. The molecule has 1 aliphatic rings. The summed E-state index contributed by atoms with van der Waals surface area (Å²) >= 11 is 0. The standard InChI is InChI=1S/C26H16O2/c27-25-22-13-7-12-20(18-10-5-2-6-11-18)24(22)26(28)21-15-14-19(16-23(21)25)17-8-3-1-4-9-17/h1-16H. The van der Waals surface area contributed by atoms with Crippen LogP contribution in [0.4, 0.5) is 0 Å². The lowest BCUT2D eigenvalue weighted by atomic mass is 9.79. The predicted octanol–water partition coefficient (Wildman–Crippen LogP) is 5.80. The van der Waals surface area contributed by atoms with E-state index in [2.05, 4.69) is 0 Å². The average molecular weight is 360 g/mol. The molecular weight excluding hydrogens is 344 g/mol. The van der Waals surface area contributed by atoms with Crippen LogP contribution in [0, 0.1) is 0 Å². The molecular formula is C26H16O2. The van der Waals surface area contributed by atoms with Gasteiger partial charge in [-0.15, -0.1) is 0 Å². The molecule has 132 valence electrons. The number of fused-ring (bicyclic) bond motifs is 2. The molecule has 4 aromatic rings. The Kier molecular flexibility index (Phi) is 3.77. The highest BCUT2D eigenvalue weighted by Gasteiger charge is 2.32. The largest absolute Gasteiger partial charge is 0.289 e. The van der Waals surface area contributed by atoms with Crippen molar-refractivity contribution in [3.05, 3.63) is 119 Å². The molecule has 0 aliphatic heterocycles. The zero-order valence-corrected chi connectivity index (χ0v) is 15.1. The van der Waals surface area contributed by atoms with Crippen LogP contribution in [0.5, 0.6) is 0 Å². The van der Waals surface area contributed by atoms with Gasteiger partial charge < -0.3 is 0 Å². The van der Waals surface area contributed by atoms with Crippen molar-refractivity contribution >= 4 is 11.6 Å². The number of hydrogen-bond acceptors (Lipinski definition) is 2. The van der Waals surface area contributed by atoms with Crippen LogP contribution in [0.2, 0.25) is 0 Å². The van der Waals surface area contributed by atoms with E-state index in [0.29, 0.717) is 22.3 Å². The zero-order chi connectivity index (χ0) is 19.1. The minimum atomic E-state index is -0.0971. The first-order valence-electron chi connectivity index (χ1n) is 9.21. The molecule has 1 aliphatic carbocycles. The van der Waals surface area contributed by atoms with Crippen molar-refractivity contribution in [1.29, 1.82) is 0 Å². The quantitative estimate of drug-likeness (QED) is 0.399. The van der Waals surface area contributed by atoms with Crippen LogP contribution in [0.15, 0.2) is 97.1 Å². The van der Waals surface area contributed by atoms with Crippen LogP contribution < -0.4 is 0 Å². The van der Waals surface area contributed by atoms with Crippen molar-refractivity contribution in [2.24, 2.45) is 0 Å². The van der Waals surface area contributed by atoms with Gasteiger partial charge in [0.1, 0.15) is 0 Å². The predicted molar refractivity (Wildman–Crippen MR) is 111 cm³/mol. The van der Waals surface area contributed by atoms with Crippen LogP contribution >= 0.6 is 0 Å². The van der Waals surface area contributed by atoms with E-state index in [1.54, 1.807) is 12.1 Å². The molecule has 28 heavy (non-hydrogen) atoms. The van der Waals surface area contributed by atoms with E-state index in [4.69, 9.17) is 0 Å². The molecule has 2 nitrogen and oxygen atoms in total. The Morgan fingerprint density at radius 3 is 1.75 bits per heavy atom. The van der Waals surface area contributed by atoms with Gasteiger partial charge in [0.2, 0.25) is 0 Å². The second-order valence-electron chi connectivity index (χ2n) is 6.88. The molecule has 0 amide bonds. The zero-order valence-electron chi connectivity index (χ0n) is 15.1. The number of ketones is 2. The van der Waals surface area contributed by atoms with E-state index in [0.717, 1.165) is 22.3 Å². The molecule has 4 aromatic carbocycles. The van der Waals surface area contributed by atoms with Crippen LogP contribution in [0.3, 0.4) is 0 Å². The van der Waals surface area contributed by atoms with Crippen molar-refractivity contribution in [2.45, 2.75) is 0 Å². The maximum atomic E-state index is 13.3. The van der Waals surface area contributed by atoms with Crippen LogP contribution in [-0.4, -0.2) is 11.6 Å². The number of hydrogen-bond donors (Lipinski definition) is 0. The van der Waals surface area contributed by atoms with E-state index in [-0.39, 0.29) is 11.6 Å². The van der Waals surface area contributed by atoms with Crippen molar-refractivity contribution in [3.8, 4) is 22.3 Å². The fourth-order valence-electron chi connectivity index (χ4n) is 3.86. The molecule has 0 bridgehead atoms. The van der Waals surface area contributed by atoms with Crippen molar-refractivity contribution in [3.63, 3.8) is 0 Å². The van der Waals surface area contributed by atoms with Gasteiger partial charge in [0.15, 0.2) is 11.6 Å². The van der Waals surface area contributed by atoms with Gasteiger partial charge in [-0.2, -0.15) is 0 Å². The van der Waals surface area contributed by atoms with E-state index in [1.807, 2.05) is 84.9 Å². The summed E-state index contributed by atoms with van der Waals surface area (Å²) in [6.07, 6.45) is 0. The van der Waals surface area contributed by atoms with Crippen LogP contribution in [-0.2, 0) is 0 Å². The molecule has 0 heterocycles. The van der Waals surface area contributed by atoms with Gasteiger partial charge >= 0.3 is 0 Å². The number of carbonyl (C=O) groups excluding carboxylic acids is 2. The van der Waals surface area contributed by atoms with E-state index >= 15 is 0 Å². The lowest BCUT2D eigenvalue weighted by Gasteiger charge is -2.21. The normalized spacial score (nSPS) is 12.4. The molecule has 0 saturated heterocycles. The summed E-state index contributed by atoms with van der Waals surface area (Å²) in [6, 6.07) is 30.6. The Bertz CT molecular complexity index is 1220. The lowest BCUT2D eigenvalue weighted by Crippen LogP contribution is -2.21. The Morgan fingerprint density at radius 2 is 1.04 bits per heavy atom. The summed E-state index contributed by atoms with van der Waals surface area (Å²) in [5.41, 5.74) is 5.61. The molecule has 0 aromatic heterocycles. The fourth-order valence-corrected chi connectivity index (χ4v) is 3.86. The Hall–Kier alpha value is -3.78. The first-order valence-corrected chi connectivity index (χ1v) is 9.21.